The van der Waals surface area contributed by atoms with Crippen molar-refractivity contribution in [2.45, 2.75) is 27.2 Å². The quantitative estimate of drug-likeness (QED) is 0.573. The van der Waals surface area contributed by atoms with Crippen LogP contribution in [0.4, 0.5) is 5.69 Å². The lowest BCUT2D eigenvalue weighted by atomic mass is 10.1. The molecule has 0 radical (unpaired) electrons. The number of methoxy groups -OCH3 is 1. The van der Waals surface area contributed by atoms with Crippen LogP contribution in [0.2, 0.25) is 0 Å². The van der Waals surface area contributed by atoms with Gasteiger partial charge in [-0.05, 0) is 55.7 Å². The summed E-state index contributed by atoms with van der Waals surface area (Å²) in [5, 5.41) is 12.2. The Kier molecular flexibility index (Phi) is 7.01. The lowest BCUT2D eigenvalue weighted by Crippen LogP contribution is -2.14. The van der Waals surface area contributed by atoms with E-state index in [9.17, 15) is 10.1 Å². The van der Waals surface area contributed by atoms with Gasteiger partial charge in [-0.25, -0.2) is 0 Å². The number of nitriles is 1. The van der Waals surface area contributed by atoms with Gasteiger partial charge < -0.3 is 14.8 Å². The number of carbonyl (C=O) groups is 1. The number of nitrogens with zero attached hydrogens (tertiary/aromatic N) is 1. The Morgan fingerprint density at radius 2 is 1.96 bits per heavy atom. The SMILES string of the molecule is CCCOc1ccc(/C=C(\C#N)C(=O)Nc2ccc(C)cc2C)cc1OC. The topological polar surface area (TPSA) is 71.3 Å². The molecule has 0 aliphatic rings. The van der Waals surface area contributed by atoms with Gasteiger partial charge in [-0.3, -0.25) is 4.79 Å². The molecule has 2 aromatic carbocycles. The molecular formula is C22H24N2O3. The molecule has 0 aliphatic heterocycles. The van der Waals surface area contributed by atoms with Crippen molar-refractivity contribution in [1.82, 2.24) is 0 Å². The molecule has 5 nitrogen and oxygen atoms in total. The molecule has 140 valence electrons. The summed E-state index contributed by atoms with van der Waals surface area (Å²) in [5.74, 6) is 0.744. The Labute approximate surface area is 160 Å². The van der Waals surface area contributed by atoms with E-state index in [0.717, 1.165) is 17.5 Å². The minimum absolute atomic E-state index is 0.0132. The summed E-state index contributed by atoms with van der Waals surface area (Å²) >= 11 is 0. The first-order valence-corrected chi connectivity index (χ1v) is 8.79. The third kappa shape index (κ3) is 5.35. The molecule has 0 atom stereocenters. The van der Waals surface area contributed by atoms with Crippen LogP contribution < -0.4 is 14.8 Å². The Balaban J connectivity index is 2.24. The number of aryl methyl sites for hydroxylation is 2. The summed E-state index contributed by atoms with van der Waals surface area (Å²) < 4.78 is 11.0. The van der Waals surface area contributed by atoms with Crippen LogP contribution in [0.3, 0.4) is 0 Å². The number of rotatable bonds is 7. The highest BCUT2D eigenvalue weighted by molar-refractivity contribution is 6.10. The van der Waals surface area contributed by atoms with Gasteiger partial charge >= 0.3 is 0 Å². The van der Waals surface area contributed by atoms with Crippen LogP contribution in [0.1, 0.15) is 30.0 Å². The van der Waals surface area contributed by atoms with Crippen LogP contribution in [0.15, 0.2) is 42.0 Å². The molecule has 0 saturated carbocycles. The van der Waals surface area contributed by atoms with Gasteiger partial charge in [0, 0.05) is 5.69 Å². The lowest BCUT2D eigenvalue weighted by molar-refractivity contribution is -0.112. The summed E-state index contributed by atoms with van der Waals surface area (Å²) in [6, 6.07) is 13.0. The van der Waals surface area contributed by atoms with Gasteiger partial charge in [0.25, 0.3) is 5.91 Å². The molecule has 27 heavy (non-hydrogen) atoms. The van der Waals surface area contributed by atoms with E-state index in [1.54, 1.807) is 25.3 Å². The van der Waals surface area contributed by atoms with Crippen molar-refractivity contribution in [3.63, 3.8) is 0 Å². The Hall–Kier alpha value is -3.26. The third-order valence-corrected chi connectivity index (χ3v) is 3.96. The number of hydrogen-bond acceptors (Lipinski definition) is 4. The smallest absolute Gasteiger partial charge is 0.266 e. The fourth-order valence-electron chi connectivity index (χ4n) is 2.56. The van der Waals surface area contributed by atoms with Crippen LogP contribution >= 0.6 is 0 Å². The molecule has 1 amide bonds. The first-order valence-electron chi connectivity index (χ1n) is 8.79. The van der Waals surface area contributed by atoms with Gasteiger partial charge in [-0.1, -0.05) is 30.7 Å². The maximum Gasteiger partial charge on any atom is 0.266 e. The number of ether oxygens (including phenoxy) is 2. The zero-order valence-corrected chi connectivity index (χ0v) is 16.1. The predicted molar refractivity (Wildman–Crippen MR) is 107 cm³/mol. The van der Waals surface area contributed by atoms with Crippen molar-refractivity contribution < 1.29 is 14.3 Å². The van der Waals surface area contributed by atoms with E-state index in [2.05, 4.69) is 5.32 Å². The second-order valence-corrected chi connectivity index (χ2v) is 6.20. The standard InChI is InChI=1S/C22H24N2O3/c1-5-10-27-20-9-7-17(13-21(20)26-4)12-18(14-23)22(25)24-19-8-6-15(2)11-16(19)3/h6-9,11-13H,5,10H2,1-4H3,(H,24,25)/b18-12+. The molecule has 2 rings (SSSR count). The molecule has 0 heterocycles. The third-order valence-electron chi connectivity index (χ3n) is 3.96. The maximum absolute atomic E-state index is 12.5. The average Bonchev–Trinajstić information content (AvgIpc) is 2.66. The van der Waals surface area contributed by atoms with E-state index in [4.69, 9.17) is 9.47 Å². The molecule has 0 fully saturated rings. The highest BCUT2D eigenvalue weighted by atomic mass is 16.5. The van der Waals surface area contributed by atoms with E-state index in [-0.39, 0.29) is 5.57 Å². The van der Waals surface area contributed by atoms with Crippen molar-refractivity contribution in [2.24, 2.45) is 0 Å². The summed E-state index contributed by atoms with van der Waals surface area (Å²) in [4.78, 5) is 12.5. The zero-order valence-electron chi connectivity index (χ0n) is 16.1. The average molecular weight is 364 g/mol. The van der Waals surface area contributed by atoms with Gasteiger partial charge in [0.1, 0.15) is 11.6 Å². The van der Waals surface area contributed by atoms with Crippen molar-refractivity contribution in [1.29, 1.82) is 5.26 Å². The number of hydrogen-bond donors (Lipinski definition) is 1. The van der Waals surface area contributed by atoms with Crippen LogP contribution in [-0.2, 0) is 4.79 Å². The summed E-state index contributed by atoms with van der Waals surface area (Å²) in [6.45, 7) is 6.52. The minimum Gasteiger partial charge on any atom is -0.493 e. The number of anilines is 1. The van der Waals surface area contributed by atoms with Gasteiger partial charge in [0.05, 0.1) is 13.7 Å². The van der Waals surface area contributed by atoms with Crippen molar-refractivity contribution in [3.05, 3.63) is 58.7 Å². The Morgan fingerprint density at radius 1 is 1.19 bits per heavy atom. The molecule has 2 aromatic rings. The fraction of sp³-hybridized carbons (Fsp3) is 0.273. The van der Waals surface area contributed by atoms with E-state index < -0.39 is 5.91 Å². The Bertz CT molecular complexity index is 895. The number of benzene rings is 2. The monoisotopic (exact) mass is 364 g/mol. The molecule has 5 heteroatoms. The molecule has 0 saturated heterocycles. The first-order chi connectivity index (χ1) is 13.0. The maximum atomic E-state index is 12.5. The molecule has 1 N–H and O–H groups in total. The van der Waals surface area contributed by atoms with E-state index in [0.29, 0.717) is 29.4 Å². The van der Waals surface area contributed by atoms with Crippen LogP contribution in [0.5, 0.6) is 11.5 Å². The molecular weight excluding hydrogens is 340 g/mol. The van der Waals surface area contributed by atoms with Crippen molar-refractivity contribution >= 4 is 17.7 Å². The van der Waals surface area contributed by atoms with Crippen molar-refractivity contribution in [3.8, 4) is 17.6 Å². The zero-order chi connectivity index (χ0) is 19.8. The van der Waals surface area contributed by atoms with E-state index in [1.807, 2.05) is 45.0 Å². The molecule has 0 unspecified atom stereocenters. The van der Waals surface area contributed by atoms with Crippen LogP contribution in [0.25, 0.3) is 6.08 Å². The van der Waals surface area contributed by atoms with Gasteiger partial charge in [0.2, 0.25) is 0 Å². The number of nitrogens with one attached hydrogen (secondary N) is 1. The molecule has 0 spiro atoms. The van der Waals surface area contributed by atoms with Crippen molar-refractivity contribution in [2.75, 3.05) is 19.0 Å². The van der Waals surface area contributed by atoms with Gasteiger partial charge in [0.15, 0.2) is 11.5 Å². The number of amides is 1. The van der Waals surface area contributed by atoms with Gasteiger partial charge in [-0.15, -0.1) is 0 Å². The summed E-state index contributed by atoms with van der Waals surface area (Å²) in [7, 11) is 1.56. The van der Waals surface area contributed by atoms with Gasteiger partial charge in [-0.2, -0.15) is 5.26 Å². The second kappa shape index (κ2) is 9.44. The first kappa shape index (κ1) is 20.1. The molecule has 0 aromatic heterocycles. The molecule has 0 aliphatic carbocycles. The van der Waals surface area contributed by atoms with Crippen LogP contribution in [0, 0.1) is 25.2 Å². The predicted octanol–water partition coefficient (Wildman–Crippen LogP) is 4.65. The highest BCUT2D eigenvalue weighted by Crippen LogP contribution is 2.29. The normalized spacial score (nSPS) is 10.9. The van der Waals surface area contributed by atoms with E-state index >= 15 is 0 Å². The molecule has 0 bridgehead atoms. The highest BCUT2D eigenvalue weighted by Gasteiger charge is 2.12. The second-order valence-electron chi connectivity index (χ2n) is 6.20. The Morgan fingerprint density at radius 3 is 2.59 bits per heavy atom. The lowest BCUT2D eigenvalue weighted by Gasteiger charge is -2.11. The largest absolute Gasteiger partial charge is 0.493 e. The number of carbonyl (C=O) groups excluding carboxylic acids is 1. The van der Waals surface area contributed by atoms with Crippen LogP contribution in [-0.4, -0.2) is 19.6 Å². The summed E-state index contributed by atoms with van der Waals surface area (Å²) in [5.41, 5.74) is 3.44. The van der Waals surface area contributed by atoms with E-state index in [1.165, 1.54) is 6.08 Å². The minimum atomic E-state index is -0.449. The fourth-order valence-corrected chi connectivity index (χ4v) is 2.56. The summed E-state index contributed by atoms with van der Waals surface area (Å²) in [6.07, 6.45) is 2.42.